The minimum absolute atomic E-state index is 1.04. The van der Waals surface area contributed by atoms with Crippen molar-refractivity contribution in [1.82, 2.24) is 4.98 Å². The molecule has 0 unspecified atom stereocenters. The molecule has 2 aromatic heterocycles. The van der Waals surface area contributed by atoms with Crippen LogP contribution in [-0.2, 0) is 0 Å². The van der Waals surface area contributed by atoms with Gasteiger partial charge in [-0.05, 0) is 109 Å². The van der Waals surface area contributed by atoms with Crippen molar-refractivity contribution >= 4 is 74.6 Å². The van der Waals surface area contributed by atoms with Crippen LogP contribution in [-0.4, -0.2) is 4.98 Å². The van der Waals surface area contributed by atoms with E-state index in [1.54, 1.807) is 0 Å². The Kier molecular flexibility index (Phi) is 6.03. The van der Waals surface area contributed by atoms with E-state index < -0.39 is 0 Å². The molecule has 0 aliphatic rings. The van der Waals surface area contributed by atoms with Gasteiger partial charge in [0.25, 0.3) is 0 Å². The lowest BCUT2D eigenvalue weighted by Gasteiger charge is -2.19. The van der Waals surface area contributed by atoms with Gasteiger partial charge in [0.1, 0.15) is 0 Å². The standard InChI is InChI=1S/C46H29NS/c1-28-14-21-42-40(24-28)39-22-23-47-45(46(39)48-42)35-19-20-38-41(27-35)44(34-18-16-30-9-3-5-11-32(30)26-34)37-13-7-6-12-36(37)43(38)33-17-15-29-8-2-4-10-31(29)25-33/h2-27H,1H3. The SMILES string of the molecule is Cc1ccc2sc3c(-c4ccc5c(-c6ccc7ccccc7c6)c6ccccc6c(-c6ccc7ccccc7c6)c5c4)nccc3c2c1. The maximum Gasteiger partial charge on any atom is 0.0880 e. The predicted molar refractivity (Wildman–Crippen MR) is 208 cm³/mol. The van der Waals surface area contributed by atoms with E-state index in [9.17, 15) is 0 Å². The van der Waals surface area contributed by atoms with Crippen LogP contribution in [0.2, 0.25) is 0 Å². The number of nitrogens with zero attached hydrogens (tertiary/aromatic N) is 1. The Bertz CT molecular complexity index is 2910. The van der Waals surface area contributed by atoms with Gasteiger partial charge in [0.05, 0.1) is 10.4 Å². The first-order chi connectivity index (χ1) is 23.7. The van der Waals surface area contributed by atoms with Gasteiger partial charge in [0.15, 0.2) is 0 Å². The highest BCUT2D eigenvalue weighted by Gasteiger charge is 2.19. The first kappa shape index (κ1) is 27.3. The zero-order valence-corrected chi connectivity index (χ0v) is 27.2. The summed E-state index contributed by atoms with van der Waals surface area (Å²) in [6.45, 7) is 2.17. The molecular weight excluding hydrogens is 599 g/mol. The number of aromatic nitrogens is 1. The average Bonchev–Trinajstić information content (AvgIpc) is 3.51. The Labute approximate surface area is 282 Å². The van der Waals surface area contributed by atoms with Gasteiger partial charge in [-0.25, -0.2) is 0 Å². The molecule has 0 N–H and O–H groups in total. The Morgan fingerprint density at radius 3 is 1.69 bits per heavy atom. The van der Waals surface area contributed by atoms with Crippen LogP contribution in [0.1, 0.15) is 5.56 Å². The quantitative estimate of drug-likeness (QED) is 0.178. The smallest absolute Gasteiger partial charge is 0.0880 e. The van der Waals surface area contributed by atoms with Gasteiger partial charge in [-0.1, -0.05) is 121 Å². The summed E-state index contributed by atoms with van der Waals surface area (Å²) in [5, 5.41) is 12.6. The summed E-state index contributed by atoms with van der Waals surface area (Å²) in [5.74, 6) is 0. The normalized spacial score (nSPS) is 11.9. The zero-order valence-electron chi connectivity index (χ0n) is 26.4. The van der Waals surface area contributed by atoms with Crippen LogP contribution < -0.4 is 0 Å². The van der Waals surface area contributed by atoms with Gasteiger partial charge in [0.2, 0.25) is 0 Å². The highest BCUT2D eigenvalue weighted by atomic mass is 32.1. The predicted octanol–water partition coefficient (Wildman–Crippen LogP) is 13.4. The van der Waals surface area contributed by atoms with Crippen molar-refractivity contribution in [2.75, 3.05) is 0 Å². The van der Waals surface area contributed by atoms with Crippen LogP contribution in [0, 0.1) is 6.92 Å². The second-order valence-corrected chi connectivity index (χ2v) is 13.9. The lowest BCUT2D eigenvalue weighted by Crippen LogP contribution is -1.92. The summed E-state index contributed by atoms with van der Waals surface area (Å²) in [5.41, 5.74) is 8.44. The Hall–Kier alpha value is -5.83. The third kappa shape index (κ3) is 4.20. The molecule has 10 aromatic rings. The first-order valence-electron chi connectivity index (χ1n) is 16.4. The van der Waals surface area contributed by atoms with Crippen molar-refractivity contribution in [3.63, 3.8) is 0 Å². The number of fused-ring (bicyclic) bond motifs is 7. The van der Waals surface area contributed by atoms with E-state index in [0.717, 1.165) is 11.3 Å². The molecule has 0 bridgehead atoms. The lowest BCUT2D eigenvalue weighted by atomic mass is 9.84. The van der Waals surface area contributed by atoms with Gasteiger partial charge in [-0.3, -0.25) is 4.98 Å². The molecule has 0 atom stereocenters. The summed E-state index contributed by atoms with van der Waals surface area (Å²) in [6, 6.07) is 55.9. The zero-order chi connectivity index (χ0) is 31.8. The number of benzene rings is 8. The molecule has 224 valence electrons. The molecule has 0 saturated heterocycles. The summed E-state index contributed by atoms with van der Waals surface area (Å²) in [6.07, 6.45) is 1.97. The van der Waals surface area contributed by atoms with Crippen molar-refractivity contribution in [1.29, 1.82) is 0 Å². The van der Waals surface area contributed by atoms with E-state index in [4.69, 9.17) is 4.98 Å². The van der Waals surface area contributed by atoms with Crippen LogP contribution in [0.4, 0.5) is 0 Å². The molecule has 8 aromatic carbocycles. The van der Waals surface area contributed by atoms with Crippen molar-refractivity contribution in [3.8, 4) is 33.5 Å². The van der Waals surface area contributed by atoms with Gasteiger partial charge in [-0.2, -0.15) is 0 Å². The third-order valence-corrected chi connectivity index (χ3v) is 11.1. The molecule has 1 nitrogen and oxygen atoms in total. The molecule has 0 aliphatic carbocycles. The highest BCUT2D eigenvalue weighted by Crippen LogP contribution is 2.47. The van der Waals surface area contributed by atoms with E-state index in [1.165, 1.54) is 91.1 Å². The summed E-state index contributed by atoms with van der Waals surface area (Å²) in [7, 11) is 0. The highest BCUT2D eigenvalue weighted by molar-refractivity contribution is 7.26. The fourth-order valence-electron chi connectivity index (χ4n) is 7.66. The number of pyridine rings is 1. The van der Waals surface area contributed by atoms with E-state index in [2.05, 4.69) is 159 Å². The minimum Gasteiger partial charge on any atom is -0.255 e. The number of hydrogen-bond donors (Lipinski definition) is 0. The van der Waals surface area contributed by atoms with Gasteiger partial charge >= 0.3 is 0 Å². The topological polar surface area (TPSA) is 12.9 Å². The minimum atomic E-state index is 1.04. The van der Waals surface area contributed by atoms with E-state index >= 15 is 0 Å². The fourth-order valence-corrected chi connectivity index (χ4v) is 8.85. The lowest BCUT2D eigenvalue weighted by molar-refractivity contribution is 1.37. The number of rotatable bonds is 3. The van der Waals surface area contributed by atoms with Crippen molar-refractivity contribution < 1.29 is 0 Å². The molecule has 2 heterocycles. The summed E-state index contributed by atoms with van der Waals surface area (Å²) < 4.78 is 2.53. The molecule has 0 spiro atoms. The Morgan fingerprint density at radius 1 is 0.417 bits per heavy atom. The third-order valence-electron chi connectivity index (χ3n) is 9.92. The molecule has 0 amide bonds. The van der Waals surface area contributed by atoms with Crippen LogP contribution in [0.3, 0.4) is 0 Å². The number of aryl methyl sites for hydroxylation is 1. The molecule has 48 heavy (non-hydrogen) atoms. The molecule has 0 radical (unpaired) electrons. The first-order valence-corrected chi connectivity index (χ1v) is 17.3. The largest absolute Gasteiger partial charge is 0.255 e. The number of hydrogen-bond acceptors (Lipinski definition) is 2. The van der Waals surface area contributed by atoms with Crippen LogP contribution in [0.25, 0.3) is 96.8 Å². The van der Waals surface area contributed by atoms with Gasteiger partial charge in [-0.15, -0.1) is 11.3 Å². The summed E-state index contributed by atoms with van der Waals surface area (Å²) >= 11 is 1.84. The van der Waals surface area contributed by atoms with Crippen LogP contribution in [0.5, 0.6) is 0 Å². The second kappa shape index (κ2) is 10.6. The van der Waals surface area contributed by atoms with E-state index in [1.807, 2.05) is 17.5 Å². The molecule has 0 saturated carbocycles. The molecule has 10 rings (SSSR count). The molecule has 2 heteroatoms. The van der Waals surface area contributed by atoms with Gasteiger partial charge in [0, 0.05) is 27.2 Å². The van der Waals surface area contributed by atoms with Crippen molar-refractivity contribution in [3.05, 3.63) is 163 Å². The molecule has 0 aliphatic heterocycles. The number of thiophene rings is 1. The molecule has 0 fully saturated rings. The Morgan fingerprint density at radius 2 is 1.00 bits per heavy atom. The maximum absolute atomic E-state index is 5.03. The Balaban J connectivity index is 1.32. The second-order valence-electron chi connectivity index (χ2n) is 12.8. The van der Waals surface area contributed by atoms with Crippen molar-refractivity contribution in [2.24, 2.45) is 0 Å². The van der Waals surface area contributed by atoms with E-state index in [-0.39, 0.29) is 0 Å². The van der Waals surface area contributed by atoms with Gasteiger partial charge < -0.3 is 0 Å². The maximum atomic E-state index is 5.03. The van der Waals surface area contributed by atoms with Crippen molar-refractivity contribution in [2.45, 2.75) is 6.92 Å². The van der Waals surface area contributed by atoms with Crippen LogP contribution >= 0.6 is 11.3 Å². The monoisotopic (exact) mass is 627 g/mol. The fraction of sp³-hybridized carbons (Fsp3) is 0.0217. The van der Waals surface area contributed by atoms with E-state index in [0.29, 0.717) is 0 Å². The average molecular weight is 628 g/mol. The summed E-state index contributed by atoms with van der Waals surface area (Å²) in [4.78, 5) is 5.03. The van der Waals surface area contributed by atoms with Crippen LogP contribution in [0.15, 0.2) is 158 Å². The molecular formula is C46H29NS.